The Morgan fingerprint density at radius 3 is 0.821 bits per heavy atom. The maximum Gasteiger partial charge on any atom is 0.330 e. The molecule has 0 aromatic carbocycles. The van der Waals surface area contributed by atoms with Crippen molar-refractivity contribution in [1.29, 1.82) is 0 Å². The number of carboxylic acid groups (broad SMARTS) is 2. The van der Waals surface area contributed by atoms with Crippen LogP contribution >= 0.6 is 0 Å². The third kappa shape index (κ3) is 139. The number of aliphatic carboxylic acids is 2. The third-order valence-corrected chi connectivity index (χ3v) is 1.13. The van der Waals surface area contributed by atoms with Gasteiger partial charge >= 0.3 is 11.9 Å². The average molecular weight is 403 g/mol. The summed E-state index contributed by atoms with van der Waals surface area (Å²) in [6.07, 6.45) is 2.11. The molecule has 8 heteroatoms. The molecule has 0 aliphatic heterocycles. The van der Waals surface area contributed by atoms with Gasteiger partial charge < -0.3 is 21.7 Å². The average Bonchev–Trinajstić information content (AvgIpc) is 2.46. The Hall–Kier alpha value is -3.16. The van der Waals surface area contributed by atoms with Crippen LogP contribution in [0.3, 0.4) is 0 Å². The minimum absolute atomic E-state index is 0. The minimum atomic E-state index is -0.935. The molecular weight excluding hydrogens is 364 g/mol. The van der Waals surface area contributed by atoms with Crippen LogP contribution in [0.2, 0.25) is 0 Å². The number of nitrogens with two attached hydrogens (primary N) is 2. The molecule has 0 rings (SSSR count). The molecule has 0 radical (unpaired) electrons. The van der Waals surface area contributed by atoms with Crippen LogP contribution in [-0.2, 0) is 19.2 Å². The highest BCUT2D eigenvalue weighted by Crippen LogP contribution is 2.08. The number of primary amides is 2. The molecule has 0 aliphatic rings. The van der Waals surface area contributed by atoms with E-state index in [1.54, 1.807) is 0 Å². The topological polar surface area (TPSA) is 161 Å². The molecule has 0 unspecified atom stereocenters. The summed E-state index contributed by atoms with van der Waals surface area (Å²) >= 11 is 0. The predicted molar refractivity (Wildman–Crippen MR) is 116 cm³/mol. The second kappa shape index (κ2) is 23.8. The van der Waals surface area contributed by atoms with E-state index >= 15 is 0 Å². The van der Waals surface area contributed by atoms with Crippen LogP contribution in [0.15, 0.2) is 49.6 Å². The maximum absolute atomic E-state index is 9.60. The van der Waals surface area contributed by atoms with Crippen LogP contribution in [0.4, 0.5) is 0 Å². The number of hydrogen-bond acceptors (Lipinski definition) is 4. The monoisotopic (exact) mass is 402 g/mol. The largest absolute Gasteiger partial charge is 0.478 e. The molecule has 8 nitrogen and oxygen atoms in total. The molecule has 0 saturated heterocycles. The quantitative estimate of drug-likeness (QED) is 0.527. The fourth-order valence-electron chi connectivity index (χ4n) is 0. The molecule has 0 aromatic rings. The van der Waals surface area contributed by atoms with Gasteiger partial charge in [-0.05, 0) is 31.4 Å². The molecule has 28 heavy (non-hydrogen) atoms. The van der Waals surface area contributed by atoms with Crippen molar-refractivity contribution in [2.45, 2.75) is 49.0 Å². The Morgan fingerprint density at radius 2 is 0.821 bits per heavy atom. The molecule has 164 valence electrons. The van der Waals surface area contributed by atoms with Gasteiger partial charge in [0, 0.05) is 11.1 Å². The Bertz CT molecular complexity index is 457. The van der Waals surface area contributed by atoms with Crippen LogP contribution in [0.25, 0.3) is 0 Å². The van der Waals surface area contributed by atoms with E-state index in [9.17, 15) is 19.2 Å². The molecule has 6 N–H and O–H groups in total. The van der Waals surface area contributed by atoms with Crippen LogP contribution in [-0.4, -0.2) is 34.0 Å². The summed E-state index contributed by atoms with van der Waals surface area (Å²) in [4.78, 5) is 38.1. The van der Waals surface area contributed by atoms with E-state index in [1.165, 1.54) is 13.8 Å². The first-order valence-corrected chi connectivity index (χ1v) is 7.44. The first-order valence-electron chi connectivity index (χ1n) is 7.44. The molecular formula is C20H38N2O6. The van der Waals surface area contributed by atoms with E-state index in [1.807, 2.05) is 0 Å². The summed E-state index contributed by atoms with van der Waals surface area (Å²) in [6, 6.07) is 0. The van der Waals surface area contributed by atoms with Crippen molar-refractivity contribution >= 4 is 23.8 Å². The van der Waals surface area contributed by atoms with Crippen molar-refractivity contribution in [2.75, 3.05) is 0 Å². The molecule has 0 fully saturated rings. The van der Waals surface area contributed by atoms with Gasteiger partial charge in [0.25, 0.3) is 0 Å². The number of hydrogen-bond donors (Lipinski definition) is 4. The van der Waals surface area contributed by atoms with Crippen LogP contribution in [0, 0.1) is 5.41 Å². The summed E-state index contributed by atoms with van der Waals surface area (Å²) in [7, 11) is 0. The van der Waals surface area contributed by atoms with Gasteiger partial charge in [-0.1, -0.05) is 61.4 Å². The van der Waals surface area contributed by atoms with E-state index in [0.717, 1.165) is 12.2 Å². The van der Waals surface area contributed by atoms with E-state index in [2.05, 4.69) is 65.5 Å². The number of carbonyl (C=O) groups excluding carboxylic acids is 2. The SMILES string of the molecule is C.C=C(C)C(=O)O.C=C(C)C(=O)O.C=CC(N)=O.C=CC(N)=O.CC(C)(C)C. The zero-order valence-corrected chi connectivity index (χ0v) is 17.2. The Kier molecular flexibility index (Phi) is 33.9. The summed E-state index contributed by atoms with van der Waals surface area (Å²) in [5, 5.41) is 15.8. The number of rotatable bonds is 4. The first kappa shape index (κ1) is 39.8. The molecule has 0 aliphatic carbocycles. The second-order valence-corrected chi connectivity index (χ2v) is 6.38. The Morgan fingerprint density at radius 1 is 0.750 bits per heavy atom. The van der Waals surface area contributed by atoms with Gasteiger partial charge in [0.2, 0.25) is 11.8 Å². The molecule has 0 bridgehead atoms. The van der Waals surface area contributed by atoms with E-state index in [-0.39, 0.29) is 18.6 Å². The summed E-state index contributed by atoms with van der Waals surface area (Å²) < 4.78 is 0. The molecule has 2 amide bonds. The number of amides is 2. The van der Waals surface area contributed by atoms with Gasteiger partial charge in [-0.2, -0.15) is 0 Å². The zero-order valence-electron chi connectivity index (χ0n) is 17.2. The summed E-state index contributed by atoms with van der Waals surface area (Å²) in [6.45, 7) is 24.1. The lowest BCUT2D eigenvalue weighted by atomic mass is 10.0. The van der Waals surface area contributed by atoms with Gasteiger partial charge in [0.15, 0.2) is 0 Å². The fourth-order valence-corrected chi connectivity index (χ4v) is 0. The lowest BCUT2D eigenvalue weighted by Gasteiger charge is -2.05. The van der Waals surface area contributed by atoms with Crippen molar-refractivity contribution in [2.24, 2.45) is 16.9 Å². The van der Waals surface area contributed by atoms with Crippen molar-refractivity contribution in [3.8, 4) is 0 Å². The summed E-state index contributed by atoms with van der Waals surface area (Å²) in [5.74, 6) is -2.83. The normalized spacial score (nSPS) is 7.64. The highest BCUT2D eigenvalue weighted by Gasteiger charge is 1.95. The van der Waals surface area contributed by atoms with Gasteiger partial charge in [-0.25, -0.2) is 9.59 Å². The highest BCUT2D eigenvalue weighted by atomic mass is 16.4. The van der Waals surface area contributed by atoms with Crippen molar-refractivity contribution < 1.29 is 29.4 Å². The first-order chi connectivity index (χ1) is 11.8. The van der Waals surface area contributed by atoms with E-state index < -0.39 is 23.8 Å². The smallest absolute Gasteiger partial charge is 0.330 e. The second-order valence-electron chi connectivity index (χ2n) is 6.38. The molecule has 0 spiro atoms. The molecule has 0 aromatic heterocycles. The third-order valence-electron chi connectivity index (χ3n) is 1.13. The predicted octanol–water partition coefficient (Wildman–Crippen LogP) is 3.30. The van der Waals surface area contributed by atoms with E-state index in [4.69, 9.17) is 10.2 Å². The van der Waals surface area contributed by atoms with Crippen molar-refractivity contribution in [1.82, 2.24) is 0 Å². The van der Waals surface area contributed by atoms with Crippen LogP contribution < -0.4 is 11.5 Å². The Labute approximate surface area is 169 Å². The van der Waals surface area contributed by atoms with Gasteiger partial charge in [0.1, 0.15) is 0 Å². The fraction of sp³-hybridized carbons (Fsp3) is 0.400. The lowest BCUT2D eigenvalue weighted by molar-refractivity contribution is -0.133. The minimum Gasteiger partial charge on any atom is -0.478 e. The standard InChI is InChI=1S/C5H12.2C4H6O2.2C3H5NO.CH4/c1-5(2,3)4;2*1-3(2)4(5)6;2*1-2-3(4)5;/h1-4H3;2*1H2,2H3,(H,5,6);2*2H,1H2,(H2,4,5);1H4. The number of carboxylic acids is 2. The molecule has 0 atom stereocenters. The van der Waals surface area contributed by atoms with Gasteiger partial charge in [-0.3, -0.25) is 9.59 Å². The highest BCUT2D eigenvalue weighted by molar-refractivity contribution is 5.85. The molecule has 0 heterocycles. The van der Waals surface area contributed by atoms with Crippen LogP contribution in [0.5, 0.6) is 0 Å². The van der Waals surface area contributed by atoms with Crippen molar-refractivity contribution in [3.63, 3.8) is 0 Å². The van der Waals surface area contributed by atoms with Gasteiger partial charge in [0.05, 0.1) is 0 Å². The maximum atomic E-state index is 9.60. The number of carbonyl (C=O) groups is 4. The van der Waals surface area contributed by atoms with Crippen LogP contribution in [0.1, 0.15) is 49.0 Å². The van der Waals surface area contributed by atoms with E-state index in [0.29, 0.717) is 5.41 Å². The summed E-state index contributed by atoms with van der Waals surface area (Å²) in [5.41, 5.74) is 9.92. The Balaban J connectivity index is -0.0000000537. The van der Waals surface area contributed by atoms with Crippen molar-refractivity contribution in [3.05, 3.63) is 49.6 Å². The molecule has 0 saturated carbocycles. The zero-order chi connectivity index (χ0) is 23.4. The van der Waals surface area contributed by atoms with Gasteiger partial charge in [-0.15, -0.1) is 0 Å². The lowest BCUT2D eigenvalue weighted by Crippen LogP contribution is -2.04.